The van der Waals surface area contributed by atoms with Gasteiger partial charge in [0.25, 0.3) is 5.82 Å². The number of hydrogen-bond donors (Lipinski definition) is 1. The van der Waals surface area contributed by atoms with Crippen LogP contribution in [0.5, 0.6) is 0 Å². The maximum absolute atomic E-state index is 3.77. The summed E-state index contributed by atoms with van der Waals surface area (Å²) < 4.78 is 2.65. The summed E-state index contributed by atoms with van der Waals surface area (Å²) in [5.41, 5.74) is 0. The molecule has 0 aliphatic heterocycles. The van der Waals surface area contributed by atoms with Gasteiger partial charge >= 0.3 is 0 Å². The van der Waals surface area contributed by atoms with Gasteiger partial charge in [0.2, 0.25) is 0 Å². The van der Waals surface area contributed by atoms with Crippen molar-refractivity contribution in [1.82, 2.24) is 4.98 Å². The van der Waals surface area contributed by atoms with Gasteiger partial charge < -0.3 is 0 Å². The summed E-state index contributed by atoms with van der Waals surface area (Å²) in [6, 6.07) is 0.618. The molecule has 1 heterocycles. The first-order chi connectivity index (χ1) is 23.2. The average Bonchev–Trinajstić information content (AvgIpc) is 3.57. The number of aromatic amines is 1. The highest BCUT2D eigenvalue weighted by molar-refractivity contribution is 4.90. The van der Waals surface area contributed by atoms with E-state index in [0.29, 0.717) is 12.0 Å². The molecule has 1 aromatic rings. The highest BCUT2D eigenvalue weighted by Gasteiger charge is 2.25. The summed E-state index contributed by atoms with van der Waals surface area (Å²) in [5, 5.41) is 0. The van der Waals surface area contributed by atoms with Crippen molar-refractivity contribution in [2.45, 2.75) is 271 Å². The van der Waals surface area contributed by atoms with Crippen molar-refractivity contribution in [1.29, 1.82) is 0 Å². The molecular weight excluding hydrogens is 569 g/mol. The van der Waals surface area contributed by atoms with Crippen LogP contribution in [0.15, 0.2) is 12.4 Å². The van der Waals surface area contributed by atoms with Crippen LogP contribution in [0.2, 0.25) is 0 Å². The molecule has 278 valence electrons. The van der Waals surface area contributed by atoms with Crippen LogP contribution < -0.4 is 4.57 Å². The Morgan fingerprint density at radius 2 is 0.681 bits per heavy atom. The van der Waals surface area contributed by atoms with Crippen LogP contribution in [0.4, 0.5) is 0 Å². The van der Waals surface area contributed by atoms with Gasteiger partial charge in [-0.2, -0.15) is 0 Å². The fourth-order valence-electron chi connectivity index (χ4n) is 7.84. The Morgan fingerprint density at radius 1 is 0.404 bits per heavy atom. The van der Waals surface area contributed by atoms with Crippen LogP contribution in [0.3, 0.4) is 0 Å². The van der Waals surface area contributed by atoms with E-state index in [1.807, 2.05) is 0 Å². The number of unbranched alkanes of at least 4 members (excludes halogenated alkanes) is 30. The minimum absolute atomic E-state index is 0.618. The zero-order valence-electron chi connectivity index (χ0n) is 33.2. The standard InChI is InChI=1S/C45H88N2/c1-5-8-11-14-17-20-22-24-27-29-32-35-38-43(4)47-42-41-46-45(47)44(39-36-33-30-26-19-16-13-10-7-3)40-37-34-31-28-25-23-21-18-15-12-9-6-2/h41-44H,5-40H2,1-4H3/p+1. The third kappa shape index (κ3) is 26.7. The lowest BCUT2D eigenvalue weighted by Gasteiger charge is -2.17. The number of imidazole rings is 1. The molecule has 0 saturated carbocycles. The lowest BCUT2D eigenvalue weighted by molar-refractivity contribution is -0.727. The van der Waals surface area contributed by atoms with Crippen LogP contribution in [0.1, 0.15) is 277 Å². The third-order valence-electron chi connectivity index (χ3n) is 11.1. The van der Waals surface area contributed by atoms with Gasteiger partial charge in [0.05, 0.1) is 12.0 Å². The normalized spacial score (nSPS) is 13.0. The fourth-order valence-corrected chi connectivity index (χ4v) is 7.84. The molecule has 0 spiro atoms. The Labute approximate surface area is 297 Å². The summed E-state index contributed by atoms with van der Waals surface area (Å²) in [4.78, 5) is 3.77. The van der Waals surface area contributed by atoms with Crippen LogP contribution in [0.25, 0.3) is 0 Å². The molecule has 0 aliphatic rings. The minimum atomic E-state index is 0.618. The van der Waals surface area contributed by atoms with Crippen molar-refractivity contribution >= 4 is 0 Å². The first-order valence-electron chi connectivity index (χ1n) is 22.3. The van der Waals surface area contributed by atoms with E-state index in [1.165, 1.54) is 231 Å². The van der Waals surface area contributed by atoms with E-state index in [2.05, 4.69) is 49.6 Å². The van der Waals surface area contributed by atoms with Gasteiger partial charge in [-0.1, -0.05) is 226 Å². The minimum Gasteiger partial charge on any atom is -0.247 e. The summed E-state index contributed by atoms with van der Waals surface area (Å²) in [6.07, 6.45) is 56.1. The first kappa shape index (κ1) is 44.2. The van der Waals surface area contributed by atoms with Crippen molar-refractivity contribution in [2.75, 3.05) is 0 Å². The van der Waals surface area contributed by atoms with E-state index < -0.39 is 0 Å². The number of rotatable bonds is 38. The Kier molecular flexibility index (Phi) is 33.0. The summed E-state index contributed by atoms with van der Waals surface area (Å²) in [7, 11) is 0. The van der Waals surface area contributed by atoms with Crippen LogP contribution in [-0.4, -0.2) is 4.98 Å². The van der Waals surface area contributed by atoms with Gasteiger partial charge in [-0.25, -0.2) is 9.55 Å². The van der Waals surface area contributed by atoms with Crippen molar-refractivity contribution in [3.05, 3.63) is 18.2 Å². The lowest BCUT2D eigenvalue weighted by Crippen LogP contribution is -2.41. The Morgan fingerprint density at radius 3 is 1.00 bits per heavy atom. The molecule has 1 rings (SSSR count). The zero-order chi connectivity index (χ0) is 33.9. The predicted octanol–water partition coefficient (Wildman–Crippen LogP) is 16.1. The molecule has 0 saturated heterocycles. The smallest absolute Gasteiger partial charge is 0.247 e. The van der Waals surface area contributed by atoms with Gasteiger partial charge in [0.1, 0.15) is 12.4 Å². The molecule has 1 aromatic heterocycles. The summed E-state index contributed by atoms with van der Waals surface area (Å²) >= 11 is 0. The SMILES string of the molecule is CCCCCCCCCCCCCCC(CCCCCCCCCCC)c1[nH]cc[n+]1C(C)CCCCCCCCCCCCCC. The fraction of sp³-hybridized carbons (Fsp3) is 0.933. The van der Waals surface area contributed by atoms with Crippen molar-refractivity contribution in [3.8, 4) is 0 Å². The summed E-state index contributed by atoms with van der Waals surface area (Å²) in [5.74, 6) is 2.25. The zero-order valence-corrected chi connectivity index (χ0v) is 33.2. The lowest BCUT2D eigenvalue weighted by atomic mass is 9.92. The van der Waals surface area contributed by atoms with Crippen molar-refractivity contribution in [3.63, 3.8) is 0 Å². The summed E-state index contributed by atoms with van der Waals surface area (Å²) in [6.45, 7) is 9.43. The second-order valence-corrected chi connectivity index (χ2v) is 15.8. The predicted molar refractivity (Wildman–Crippen MR) is 212 cm³/mol. The second kappa shape index (κ2) is 35.1. The number of nitrogens with one attached hydrogen (secondary N) is 1. The maximum Gasteiger partial charge on any atom is 0.257 e. The average molecular weight is 658 g/mol. The van der Waals surface area contributed by atoms with E-state index in [1.54, 1.807) is 5.82 Å². The molecule has 1 N–H and O–H groups in total. The van der Waals surface area contributed by atoms with Gasteiger partial charge in [-0.3, -0.25) is 0 Å². The highest BCUT2D eigenvalue weighted by Crippen LogP contribution is 2.27. The molecule has 2 unspecified atom stereocenters. The van der Waals surface area contributed by atoms with E-state index >= 15 is 0 Å². The quantitative estimate of drug-likeness (QED) is 0.0539. The number of hydrogen-bond acceptors (Lipinski definition) is 0. The van der Waals surface area contributed by atoms with Gasteiger partial charge in [0.15, 0.2) is 0 Å². The number of aromatic nitrogens is 2. The Hall–Kier alpha value is -0.790. The topological polar surface area (TPSA) is 19.7 Å². The van der Waals surface area contributed by atoms with Gasteiger partial charge in [-0.15, -0.1) is 0 Å². The highest BCUT2D eigenvalue weighted by atomic mass is 15.1. The van der Waals surface area contributed by atoms with E-state index in [0.717, 1.165) is 0 Å². The molecule has 0 aliphatic carbocycles. The molecule has 0 radical (unpaired) electrons. The van der Waals surface area contributed by atoms with Crippen molar-refractivity contribution in [2.24, 2.45) is 0 Å². The molecule has 0 amide bonds. The van der Waals surface area contributed by atoms with Crippen molar-refractivity contribution < 1.29 is 4.57 Å². The van der Waals surface area contributed by atoms with Crippen LogP contribution in [-0.2, 0) is 0 Å². The molecular formula is C45H89N2+. The first-order valence-corrected chi connectivity index (χ1v) is 22.3. The molecule has 0 fully saturated rings. The monoisotopic (exact) mass is 658 g/mol. The Bertz CT molecular complexity index is 723. The van der Waals surface area contributed by atoms with E-state index in [9.17, 15) is 0 Å². The van der Waals surface area contributed by atoms with E-state index in [4.69, 9.17) is 0 Å². The number of H-pyrrole nitrogens is 1. The molecule has 47 heavy (non-hydrogen) atoms. The largest absolute Gasteiger partial charge is 0.257 e. The molecule has 2 nitrogen and oxygen atoms in total. The van der Waals surface area contributed by atoms with Crippen LogP contribution in [0, 0.1) is 0 Å². The maximum atomic E-state index is 3.77. The molecule has 2 heteroatoms. The van der Waals surface area contributed by atoms with Crippen LogP contribution >= 0.6 is 0 Å². The second-order valence-electron chi connectivity index (χ2n) is 15.8. The molecule has 0 bridgehead atoms. The third-order valence-corrected chi connectivity index (χ3v) is 11.1. The molecule has 2 atom stereocenters. The van der Waals surface area contributed by atoms with Gasteiger partial charge in [-0.05, 0) is 32.6 Å². The van der Waals surface area contributed by atoms with Gasteiger partial charge in [0, 0.05) is 0 Å². The molecule has 0 aromatic carbocycles. The Balaban J connectivity index is 2.38. The van der Waals surface area contributed by atoms with E-state index in [-0.39, 0.29) is 0 Å². The number of nitrogens with zero attached hydrogens (tertiary/aromatic N) is 1.